The molecule has 1 aromatic heterocycles. The molecule has 0 saturated heterocycles. The highest BCUT2D eigenvalue weighted by Crippen LogP contribution is 2.23. The molecular weight excluding hydrogens is 284 g/mol. The largest absolute Gasteiger partial charge is 0.195 e. The van der Waals surface area contributed by atoms with Gasteiger partial charge in [0, 0.05) is 10.4 Å². The Morgan fingerprint density at radius 1 is 1.00 bits per heavy atom. The molecule has 0 fully saturated rings. The Bertz CT molecular complexity index is 612. The molecule has 0 aliphatic rings. The summed E-state index contributed by atoms with van der Waals surface area (Å²) in [5.41, 5.74) is 1.98. The van der Waals surface area contributed by atoms with Crippen LogP contribution in [0.15, 0.2) is 46.6 Å². The van der Waals surface area contributed by atoms with E-state index in [0.29, 0.717) is 10.8 Å². The first-order chi connectivity index (χ1) is 9.86. The third kappa shape index (κ3) is 4.33. The molecule has 0 radical (unpaired) electrons. The van der Waals surface area contributed by atoms with Crippen LogP contribution >= 0.6 is 11.6 Å². The molecule has 1 unspecified atom stereocenters. The van der Waals surface area contributed by atoms with Crippen molar-refractivity contribution in [3.8, 4) is 0 Å². The molecule has 2 rings (SSSR count). The molecule has 4 nitrogen and oxygen atoms in total. The lowest BCUT2D eigenvalue weighted by molar-refractivity contribution is 0.558. The minimum Gasteiger partial charge on any atom is -0.179 e. The van der Waals surface area contributed by atoms with Gasteiger partial charge in [-0.05, 0) is 36.8 Å². The first-order valence-electron chi connectivity index (χ1n) is 6.87. The number of aromatic nitrogens is 2. The second-order valence-corrected chi connectivity index (χ2v) is 6.41. The van der Waals surface area contributed by atoms with Gasteiger partial charge < -0.3 is 0 Å². The molecular formula is C16H19ClN4. The van der Waals surface area contributed by atoms with E-state index in [4.69, 9.17) is 11.6 Å². The van der Waals surface area contributed by atoms with E-state index in [0.717, 1.165) is 11.3 Å². The molecule has 0 spiro atoms. The highest BCUT2D eigenvalue weighted by molar-refractivity contribution is 6.30. The van der Waals surface area contributed by atoms with E-state index >= 15 is 0 Å². The SMILES string of the molecule is CC(N=Nc1ccc(C(C)(C)C)nn1)c1ccc(Cl)cc1. The predicted octanol–water partition coefficient (Wildman–Crippen LogP) is 5.27. The lowest BCUT2D eigenvalue weighted by Crippen LogP contribution is -2.13. The summed E-state index contributed by atoms with van der Waals surface area (Å²) in [5.74, 6) is 0.517. The fourth-order valence-electron chi connectivity index (χ4n) is 1.73. The van der Waals surface area contributed by atoms with Crippen LogP contribution < -0.4 is 0 Å². The second kappa shape index (κ2) is 6.31. The smallest absolute Gasteiger partial charge is 0.179 e. The maximum Gasteiger partial charge on any atom is 0.195 e. The molecule has 1 aromatic carbocycles. The molecule has 21 heavy (non-hydrogen) atoms. The van der Waals surface area contributed by atoms with Gasteiger partial charge in [-0.1, -0.05) is 44.5 Å². The van der Waals surface area contributed by atoms with E-state index in [2.05, 4.69) is 41.2 Å². The Balaban J connectivity index is 2.08. The monoisotopic (exact) mass is 302 g/mol. The minimum absolute atomic E-state index is 0.0146. The van der Waals surface area contributed by atoms with Crippen molar-refractivity contribution in [3.63, 3.8) is 0 Å². The zero-order valence-corrected chi connectivity index (χ0v) is 13.5. The van der Waals surface area contributed by atoms with Gasteiger partial charge >= 0.3 is 0 Å². The molecule has 0 aliphatic heterocycles. The van der Waals surface area contributed by atoms with Crippen molar-refractivity contribution in [1.29, 1.82) is 0 Å². The van der Waals surface area contributed by atoms with E-state index in [1.807, 2.05) is 43.3 Å². The minimum atomic E-state index is -0.0497. The zero-order valence-electron chi connectivity index (χ0n) is 12.7. The first kappa shape index (κ1) is 15.6. The molecule has 0 aliphatic carbocycles. The van der Waals surface area contributed by atoms with Crippen LogP contribution in [0.1, 0.15) is 45.0 Å². The van der Waals surface area contributed by atoms with Gasteiger partial charge in [0.1, 0.15) is 0 Å². The van der Waals surface area contributed by atoms with Gasteiger partial charge in [-0.2, -0.15) is 10.2 Å². The van der Waals surface area contributed by atoms with Gasteiger partial charge in [0.2, 0.25) is 0 Å². The average Bonchev–Trinajstić information content (AvgIpc) is 2.45. The topological polar surface area (TPSA) is 50.5 Å². The quantitative estimate of drug-likeness (QED) is 0.725. The van der Waals surface area contributed by atoms with Crippen molar-refractivity contribution in [3.05, 3.63) is 52.7 Å². The Morgan fingerprint density at radius 3 is 2.19 bits per heavy atom. The van der Waals surface area contributed by atoms with Crippen LogP contribution in [0.2, 0.25) is 5.02 Å². The number of nitrogens with zero attached hydrogens (tertiary/aromatic N) is 4. The fraction of sp³-hybridized carbons (Fsp3) is 0.375. The summed E-state index contributed by atoms with van der Waals surface area (Å²) in [6.07, 6.45) is 0. The van der Waals surface area contributed by atoms with Crippen molar-refractivity contribution in [1.82, 2.24) is 10.2 Å². The molecule has 0 N–H and O–H groups in total. The first-order valence-corrected chi connectivity index (χ1v) is 7.24. The van der Waals surface area contributed by atoms with Crippen molar-refractivity contribution >= 4 is 17.4 Å². The van der Waals surface area contributed by atoms with Crippen LogP contribution in [0.25, 0.3) is 0 Å². The van der Waals surface area contributed by atoms with Gasteiger partial charge in [-0.3, -0.25) is 0 Å². The van der Waals surface area contributed by atoms with Crippen LogP contribution in [-0.2, 0) is 5.41 Å². The molecule has 0 amide bonds. The fourth-order valence-corrected chi connectivity index (χ4v) is 1.86. The summed E-state index contributed by atoms with van der Waals surface area (Å²) >= 11 is 5.87. The lowest BCUT2D eigenvalue weighted by atomic mass is 9.92. The van der Waals surface area contributed by atoms with Crippen molar-refractivity contribution in [2.24, 2.45) is 10.2 Å². The van der Waals surface area contributed by atoms with Crippen molar-refractivity contribution in [2.45, 2.75) is 39.2 Å². The summed E-state index contributed by atoms with van der Waals surface area (Å²) < 4.78 is 0. The Morgan fingerprint density at radius 2 is 1.67 bits per heavy atom. The summed E-state index contributed by atoms with van der Waals surface area (Å²) in [7, 11) is 0. The Labute approximate surface area is 130 Å². The van der Waals surface area contributed by atoms with Gasteiger partial charge in [0.05, 0.1) is 11.7 Å². The van der Waals surface area contributed by atoms with Crippen LogP contribution in [0.3, 0.4) is 0 Å². The molecule has 5 heteroatoms. The summed E-state index contributed by atoms with van der Waals surface area (Å²) in [6.45, 7) is 8.27. The number of halogens is 1. The number of azo groups is 1. The second-order valence-electron chi connectivity index (χ2n) is 5.97. The summed E-state index contributed by atoms with van der Waals surface area (Å²) in [5, 5.41) is 17.4. The molecule has 1 atom stereocenters. The van der Waals surface area contributed by atoms with E-state index < -0.39 is 0 Å². The third-order valence-electron chi connectivity index (χ3n) is 3.10. The van der Waals surface area contributed by atoms with Gasteiger partial charge in [0.25, 0.3) is 0 Å². The highest BCUT2D eigenvalue weighted by Gasteiger charge is 2.15. The Kier molecular flexibility index (Phi) is 4.68. The number of hydrogen-bond donors (Lipinski definition) is 0. The summed E-state index contributed by atoms with van der Waals surface area (Å²) in [4.78, 5) is 0. The van der Waals surface area contributed by atoms with Gasteiger partial charge in [0.15, 0.2) is 5.82 Å². The zero-order chi connectivity index (χ0) is 15.5. The van der Waals surface area contributed by atoms with E-state index in [9.17, 15) is 0 Å². The maximum atomic E-state index is 5.87. The highest BCUT2D eigenvalue weighted by atomic mass is 35.5. The van der Waals surface area contributed by atoms with Crippen LogP contribution in [0.5, 0.6) is 0 Å². The lowest BCUT2D eigenvalue weighted by Gasteiger charge is -2.15. The van der Waals surface area contributed by atoms with E-state index in [1.54, 1.807) is 0 Å². The maximum absolute atomic E-state index is 5.87. The van der Waals surface area contributed by atoms with Crippen molar-refractivity contribution < 1.29 is 0 Å². The Hall–Kier alpha value is -1.81. The van der Waals surface area contributed by atoms with E-state index in [1.165, 1.54) is 0 Å². The molecule has 0 bridgehead atoms. The van der Waals surface area contributed by atoms with Gasteiger partial charge in [-0.15, -0.1) is 10.2 Å². The standard InChI is InChI=1S/C16H19ClN4/c1-11(12-5-7-13(17)8-6-12)18-20-15-10-9-14(19-21-15)16(2,3)4/h5-11H,1-4H3. The molecule has 0 saturated carbocycles. The normalized spacial score (nSPS) is 13.6. The number of benzene rings is 1. The van der Waals surface area contributed by atoms with Crippen LogP contribution in [0, 0.1) is 0 Å². The number of rotatable bonds is 3. The molecule has 2 aromatic rings. The molecule has 1 heterocycles. The van der Waals surface area contributed by atoms with E-state index in [-0.39, 0.29) is 11.5 Å². The van der Waals surface area contributed by atoms with Crippen LogP contribution in [0.4, 0.5) is 5.82 Å². The number of hydrogen-bond acceptors (Lipinski definition) is 4. The predicted molar refractivity (Wildman–Crippen MR) is 85.1 cm³/mol. The molecule has 110 valence electrons. The average molecular weight is 303 g/mol. The third-order valence-corrected chi connectivity index (χ3v) is 3.36. The van der Waals surface area contributed by atoms with Crippen LogP contribution in [-0.4, -0.2) is 10.2 Å². The van der Waals surface area contributed by atoms with Gasteiger partial charge in [-0.25, -0.2) is 0 Å². The summed E-state index contributed by atoms with van der Waals surface area (Å²) in [6, 6.07) is 11.3. The van der Waals surface area contributed by atoms with Crippen molar-refractivity contribution in [2.75, 3.05) is 0 Å².